The van der Waals surface area contributed by atoms with Gasteiger partial charge in [-0.3, -0.25) is 4.98 Å². The van der Waals surface area contributed by atoms with E-state index in [2.05, 4.69) is 4.98 Å². The van der Waals surface area contributed by atoms with Crippen LogP contribution in [0.2, 0.25) is 10.0 Å². The lowest BCUT2D eigenvalue weighted by molar-refractivity contribution is 0.0602. The summed E-state index contributed by atoms with van der Waals surface area (Å²) in [5.41, 5.74) is 6.56. The summed E-state index contributed by atoms with van der Waals surface area (Å²) in [5, 5.41) is 0.426. The van der Waals surface area contributed by atoms with E-state index in [-0.39, 0.29) is 28.7 Å². The van der Waals surface area contributed by atoms with Gasteiger partial charge in [0.15, 0.2) is 0 Å². The van der Waals surface area contributed by atoms with Gasteiger partial charge in [0.25, 0.3) is 0 Å². The van der Waals surface area contributed by atoms with Crippen LogP contribution in [0.1, 0.15) is 29.0 Å². The monoisotopic (exact) mass is 378 g/mol. The molecule has 1 atom stereocenters. The van der Waals surface area contributed by atoms with Crippen LogP contribution >= 0.6 is 35.6 Å². The maximum atomic E-state index is 14.1. The molecule has 2 rings (SSSR count). The molecule has 2 N–H and O–H groups in total. The minimum absolute atomic E-state index is 0. The second-order valence-corrected chi connectivity index (χ2v) is 5.53. The molecule has 2 aromatic rings. The number of ether oxygens (including phenoxy) is 1. The average Bonchev–Trinajstić information content (AvgIpc) is 2.45. The first-order valence-electron chi connectivity index (χ1n) is 6.34. The lowest BCUT2D eigenvalue weighted by atomic mass is 10.00. The third kappa shape index (κ3) is 4.12. The number of nitrogens with two attached hydrogens (primary N) is 1. The molecule has 23 heavy (non-hydrogen) atoms. The summed E-state index contributed by atoms with van der Waals surface area (Å²) in [6.45, 7) is 1.63. The normalized spacial score (nSPS) is 11.6. The van der Waals surface area contributed by atoms with Gasteiger partial charge in [-0.2, -0.15) is 0 Å². The van der Waals surface area contributed by atoms with Crippen molar-refractivity contribution in [3.05, 3.63) is 51.5 Å². The molecule has 1 aromatic heterocycles. The molecule has 0 amide bonds. The van der Waals surface area contributed by atoms with Crippen LogP contribution in [0.3, 0.4) is 0 Å². The number of esters is 1. The van der Waals surface area contributed by atoms with Crippen molar-refractivity contribution < 1.29 is 13.9 Å². The highest BCUT2D eigenvalue weighted by Crippen LogP contribution is 2.33. The maximum Gasteiger partial charge on any atom is 0.340 e. The summed E-state index contributed by atoms with van der Waals surface area (Å²) in [5.74, 6) is -1.22. The van der Waals surface area contributed by atoms with Gasteiger partial charge in [0.1, 0.15) is 5.82 Å². The van der Waals surface area contributed by atoms with Crippen LogP contribution in [0.5, 0.6) is 0 Å². The van der Waals surface area contributed by atoms with Gasteiger partial charge < -0.3 is 10.5 Å². The lowest BCUT2D eigenvalue weighted by Crippen LogP contribution is -2.10. The molecule has 0 bridgehead atoms. The molecule has 0 radical (unpaired) electrons. The van der Waals surface area contributed by atoms with Crippen molar-refractivity contribution >= 4 is 41.6 Å². The molecule has 4 nitrogen and oxygen atoms in total. The smallest absolute Gasteiger partial charge is 0.340 e. The molecule has 0 spiro atoms. The Morgan fingerprint density at radius 1 is 1.35 bits per heavy atom. The number of carbonyl (C=O) groups excluding carboxylic acids is 1. The van der Waals surface area contributed by atoms with Crippen molar-refractivity contribution in [1.82, 2.24) is 4.98 Å². The van der Waals surface area contributed by atoms with E-state index in [1.54, 1.807) is 6.92 Å². The number of nitrogens with zero attached hydrogens (tertiary/aromatic N) is 1. The van der Waals surface area contributed by atoms with Gasteiger partial charge in [-0.25, -0.2) is 9.18 Å². The number of halogens is 4. The Hall–Kier alpha value is -1.40. The van der Waals surface area contributed by atoms with Gasteiger partial charge in [0, 0.05) is 28.4 Å². The van der Waals surface area contributed by atoms with E-state index < -0.39 is 17.8 Å². The highest BCUT2D eigenvalue weighted by Gasteiger charge is 2.20. The topological polar surface area (TPSA) is 65.2 Å². The second kappa shape index (κ2) is 7.93. The maximum absolute atomic E-state index is 14.1. The first kappa shape index (κ1) is 19.6. The minimum atomic E-state index is -0.645. The Morgan fingerprint density at radius 3 is 2.52 bits per heavy atom. The zero-order valence-corrected chi connectivity index (χ0v) is 14.6. The van der Waals surface area contributed by atoms with Crippen LogP contribution in [0.15, 0.2) is 24.4 Å². The zero-order valence-electron chi connectivity index (χ0n) is 12.3. The van der Waals surface area contributed by atoms with Crippen molar-refractivity contribution in [2.75, 3.05) is 7.11 Å². The fourth-order valence-corrected chi connectivity index (χ4v) is 2.61. The van der Waals surface area contributed by atoms with Crippen LogP contribution in [0, 0.1) is 5.82 Å². The quantitative estimate of drug-likeness (QED) is 0.802. The number of aromatic nitrogens is 1. The summed E-state index contributed by atoms with van der Waals surface area (Å²) >= 11 is 12.0. The standard InChI is InChI=1S/C15H13Cl2FN2O2.ClH/c1-7(19)14-12(18)3-8(6-20-14)10-4-9(16)5-11(17)13(10)15(21)22-2;/h3-7H,19H2,1-2H3;1H/t7-;/m1./s1. The summed E-state index contributed by atoms with van der Waals surface area (Å²) in [6, 6.07) is 3.61. The van der Waals surface area contributed by atoms with E-state index in [4.69, 9.17) is 33.7 Å². The van der Waals surface area contributed by atoms with Gasteiger partial charge in [0.05, 0.1) is 23.4 Å². The summed E-state index contributed by atoms with van der Waals surface area (Å²) in [4.78, 5) is 15.9. The molecule has 8 heteroatoms. The third-order valence-electron chi connectivity index (χ3n) is 3.06. The van der Waals surface area contributed by atoms with E-state index in [1.807, 2.05) is 0 Å². The Bertz CT molecular complexity index is 739. The minimum Gasteiger partial charge on any atom is -0.465 e. The second-order valence-electron chi connectivity index (χ2n) is 4.68. The molecule has 124 valence electrons. The van der Waals surface area contributed by atoms with Gasteiger partial charge in [-0.1, -0.05) is 23.2 Å². The van der Waals surface area contributed by atoms with E-state index >= 15 is 0 Å². The summed E-state index contributed by atoms with van der Waals surface area (Å²) in [7, 11) is 1.23. The molecule has 0 saturated heterocycles. The fourth-order valence-electron chi connectivity index (χ4n) is 2.04. The van der Waals surface area contributed by atoms with Crippen LogP contribution in [-0.4, -0.2) is 18.1 Å². The van der Waals surface area contributed by atoms with Crippen molar-refractivity contribution in [3.63, 3.8) is 0 Å². The third-order valence-corrected chi connectivity index (χ3v) is 3.57. The van der Waals surface area contributed by atoms with Gasteiger partial charge in [-0.15, -0.1) is 12.4 Å². The van der Waals surface area contributed by atoms with Gasteiger partial charge in [-0.05, 0) is 25.1 Å². The predicted molar refractivity (Wildman–Crippen MR) is 90.8 cm³/mol. The van der Waals surface area contributed by atoms with Crippen molar-refractivity contribution in [2.24, 2.45) is 5.73 Å². The number of hydrogen-bond acceptors (Lipinski definition) is 4. The molecule has 0 aliphatic heterocycles. The summed E-state index contributed by atoms with van der Waals surface area (Å²) in [6.07, 6.45) is 1.41. The number of pyridine rings is 1. The zero-order chi connectivity index (χ0) is 16.4. The van der Waals surface area contributed by atoms with E-state index in [1.165, 1.54) is 31.5 Å². The van der Waals surface area contributed by atoms with Crippen LogP contribution in [0.25, 0.3) is 11.1 Å². The number of hydrogen-bond donors (Lipinski definition) is 1. The van der Waals surface area contributed by atoms with Crippen molar-refractivity contribution in [3.8, 4) is 11.1 Å². The van der Waals surface area contributed by atoms with E-state index in [9.17, 15) is 9.18 Å². The van der Waals surface area contributed by atoms with Gasteiger partial charge >= 0.3 is 5.97 Å². The van der Waals surface area contributed by atoms with E-state index in [0.29, 0.717) is 16.1 Å². The highest BCUT2D eigenvalue weighted by atomic mass is 35.5. The molecular formula is C15H14Cl3FN2O2. The Kier molecular flexibility index (Phi) is 6.77. The van der Waals surface area contributed by atoms with Crippen LogP contribution < -0.4 is 5.73 Å². The van der Waals surface area contributed by atoms with Gasteiger partial charge in [0.2, 0.25) is 0 Å². The number of carbonyl (C=O) groups is 1. The fraction of sp³-hybridized carbons (Fsp3) is 0.200. The Labute approximate surface area is 149 Å². The largest absolute Gasteiger partial charge is 0.465 e. The Morgan fingerprint density at radius 2 is 2.00 bits per heavy atom. The molecular weight excluding hydrogens is 366 g/mol. The predicted octanol–water partition coefficient (Wildman–Crippen LogP) is 4.42. The van der Waals surface area contributed by atoms with Crippen molar-refractivity contribution in [1.29, 1.82) is 0 Å². The number of rotatable bonds is 3. The Balaban J connectivity index is 0.00000264. The first-order chi connectivity index (χ1) is 10.3. The van der Waals surface area contributed by atoms with E-state index in [0.717, 1.165) is 0 Å². The van der Waals surface area contributed by atoms with Crippen LogP contribution in [0.4, 0.5) is 4.39 Å². The number of benzene rings is 1. The molecule has 0 aliphatic carbocycles. The molecule has 0 unspecified atom stereocenters. The molecule has 1 heterocycles. The SMILES string of the molecule is COC(=O)c1c(Cl)cc(Cl)cc1-c1cnc([C@@H](C)N)c(F)c1.Cl. The number of methoxy groups -OCH3 is 1. The van der Waals surface area contributed by atoms with Crippen LogP contribution in [-0.2, 0) is 4.74 Å². The lowest BCUT2D eigenvalue weighted by Gasteiger charge is -2.12. The molecule has 0 saturated carbocycles. The average molecular weight is 380 g/mol. The first-order valence-corrected chi connectivity index (χ1v) is 7.09. The summed E-state index contributed by atoms with van der Waals surface area (Å²) < 4.78 is 18.8. The molecule has 0 aliphatic rings. The van der Waals surface area contributed by atoms with Crippen molar-refractivity contribution in [2.45, 2.75) is 13.0 Å². The molecule has 1 aromatic carbocycles. The highest BCUT2D eigenvalue weighted by molar-refractivity contribution is 6.37. The molecule has 0 fully saturated rings.